The average molecular weight is 279 g/mol. The molecule has 0 bridgehead atoms. The molecule has 0 radical (unpaired) electrons. The van der Waals surface area contributed by atoms with Crippen LogP contribution in [0.25, 0.3) is 11.4 Å². The molecule has 3 rings (SSSR count). The van der Waals surface area contributed by atoms with Crippen LogP contribution in [0.1, 0.15) is 23.1 Å². The summed E-state index contributed by atoms with van der Waals surface area (Å²) in [6.45, 7) is 2.03. The number of nitrogens with zero attached hydrogens (tertiary/aromatic N) is 2. The van der Waals surface area contributed by atoms with Crippen LogP contribution in [0.5, 0.6) is 0 Å². The summed E-state index contributed by atoms with van der Waals surface area (Å²) in [5, 5.41) is 4.05. The van der Waals surface area contributed by atoms with Gasteiger partial charge in [-0.2, -0.15) is 4.98 Å². The fraction of sp³-hybridized carbons (Fsp3) is 0.176. The zero-order chi connectivity index (χ0) is 14.7. The van der Waals surface area contributed by atoms with Crippen molar-refractivity contribution >= 4 is 0 Å². The van der Waals surface area contributed by atoms with Gasteiger partial charge in [0.1, 0.15) is 0 Å². The number of benzene rings is 2. The van der Waals surface area contributed by atoms with E-state index in [9.17, 15) is 0 Å². The second kappa shape index (κ2) is 5.89. The topological polar surface area (TPSA) is 64.9 Å². The van der Waals surface area contributed by atoms with Gasteiger partial charge in [0.25, 0.3) is 0 Å². The number of hydrogen-bond acceptors (Lipinski definition) is 4. The van der Waals surface area contributed by atoms with Crippen molar-refractivity contribution in [1.82, 2.24) is 10.1 Å². The van der Waals surface area contributed by atoms with Crippen LogP contribution >= 0.6 is 0 Å². The SMILES string of the molecule is Cc1ccccc1-c1noc(CC(N)c2ccccc2)n1. The maximum absolute atomic E-state index is 6.18. The van der Waals surface area contributed by atoms with Gasteiger partial charge in [0.2, 0.25) is 11.7 Å². The largest absolute Gasteiger partial charge is 0.339 e. The number of aryl methyl sites for hydroxylation is 1. The first kappa shape index (κ1) is 13.5. The third-order valence-electron chi connectivity index (χ3n) is 3.48. The zero-order valence-electron chi connectivity index (χ0n) is 11.9. The lowest BCUT2D eigenvalue weighted by Gasteiger charge is -2.08. The second-order valence-electron chi connectivity index (χ2n) is 5.05. The highest BCUT2D eigenvalue weighted by molar-refractivity contribution is 5.58. The van der Waals surface area contributed by atoms with Crippen molar-refractivity contribution in [3.63, 3.8) is 0 Å². The normalized spacial score (nSPS) is 12.3. The van der Waals surface area contributed by atoms with Crippen LogP contribution < -0.4 is 5.73 Å². The van der Waals surface area contributed by atoms with Crippen molar-refractivity contribution in [3.05, 3.63) is 71.6 Å². The summed E-state index contributed by atoms with van der Waals surface area (Å²) in [6.07, 6.45) is 0.531. The van der Waals surface area contributed by atoms with Gasteiger partial charge in [-0.3, -0.25) is 0 Å². The van der Waals surface area contributed by atoms with E-state index in [4.69, 9.17) is 10.3 Å². The molecule has 2 aromatic carbocycles. The van der Waals surface area contributed by atoms with E-state index in [2.05, 4.69) is 10.1 Å². The maximum atomic E-state index is 6.18. The van der Waals surface area contributed by atoms with Gasteiger partial charge < -0.3 is 10.3 Å². The summed E-state index contributed by atoms with van der Waals surface area (Å²) in [5.41, 5.74) is 9.35. The molecule has 1 aromatic heterocycles. The molecular weight excluding hydrogens is 262 g/mol. The lowest BCUT2D eigenvalue weighted by atomic mass is 10.1. The summed E-state index contributed by atoms with van der Waals surface area (Å²) in [4.78, 5) is 4.45. The maximum Gasteiger partial charge on any atom is 0.228 e. The summed E-state index contributed by atoms with van der Waals surface area (Å²) in [7, 11) is 0. The molecule has 0 saturated carbocycles. The molecule has 1 heterocycles. The van der Waals surface area contributed by atoms with Gasteiger partial charge >= 0.3 is 0 Å². The Morgan fingerprint density at radius 1 is 1.05 bits per heavy atom. The highest BCUT2D eigenvalue weighted by atomic mass is 16.5. The van der Waals surface area contributed by atoms with Gasteiger partial charge in [-0.1, -0.05) is 59.8 Å². The smallest absolute Gasteiger partial charge is 0.228 e. The van der Waals surface area contributed by atoms with Crippen molar-refractivity contribution in [2.75, 3.05) is 0 Å². The molecule has 3 aromatic rings. The lowest BCUT2D eigenvalue weighted by Crippen LogP contribution is -2.13. The van der Waals surface area contributed by atoms with Gasteiger partial charge in [0, 0.05) is 18.0 Å². The Morgan fingerprint density at radius 2 is 1.76 bits per heavy atom. The van der Waals surface area contributed by atoms with Gasteiger partial charge in [0.15, 0.2) is 0 Å². The van der Waals surface area contributed by atoms with Crippen LogP contribution in [0.2, 0.25) is 0 Å². The van der Waals surface area contributed by atoms with Crippen molar-refractivity contribution < 1.29 is 4.52 Å². The van der Waals surface area contributed by atoms with E-state index in [0.29, 0.717) is 18.1 Å². The monoisotopic (exact) mass is 279 g/mol. The summed E-state index contributed by atoms with van der Waals surface area (Å²) >= 11 is 0. The molecule has 0 saturated heterocycles. The number of hydrogen-bond donors (Lipinski definition) is 1. The van der Waals surface area contributed by atoms with Crippen LogP contribution in [-0.2, 0) is 6.42 Å². The van der Waals surface area contributed by atoms with Crippen molar-refractivity contribution in [3.8, 4) is 11.4 Å². The fourth-order valence-electron chi connectivity index (χ4n) is 2.28. The molecule has 1 atom stereocenters. The Kier molecular flexibility index (Phi) is 3.79. The molecule has 21 heavy (non-hydrogen) atoms. The fourth-order valence-corrected chi connectivity index (χ4v) is 2.28. The van der Waals surface area contributed by atoms with Gasteiger partial charge in [0.05, 0.1) is 0 Å². The Morgan fingerprint density at radius 3 is 2.52 bits per heavy atom. The Hall–Kier alpha value is -2.46. The zero-order valence-corrected chi connectivity index (χ0v) is 11.9. The Labute approximate surface area is 123 Å². The van der Waals surface area contributed by atoms with Crippen LogP contribution in [0, 0.1) is 6.92 Å². The van der Waals surface area contributed by atoms with E-state index in [0.717, 1.165) is 16.7 Å². The summed E-state index contributed by atoms with van der Waals surface area (Å²) in [5.74, 6) is 1.17. The van der Waals surface area contributed by atoms with Crippen LogP contribution in [0.15, 0.2) is 59.1 Å². The molecule has 0 aliphatic heterocycles. The molecule has 4 heteroatoms. The molecule has 1 unspecified atom stereocenters. The van der Waals surface area contributed by atoms with Gasteiger partial charge in [-0.25, -0.2) is 0 Å². The summed E-state index contributed by atoms with van der Waals surface area (Å²) in [6, 6.07) is 17.8. The molecule has 0 fully saturated rings. The van der Waals surface area contributed by atoms with Crippen LogP contribution in [0.4, 0.5) is 0 Å². The van der Waals surface area contributed by atoms with Crippen LogP contribution in [-0.4, -0.2) is 10.1 Å². The predicted molar refractivity (Wildman–Crippen MR) is 81.5 cm³/mol. The highest BCUT2D eigenvalue weighted by Gasteiger charge is 2.14. The number of aromatic nitrogens is 2. The Balaban J connectivity index is 1.78. The molecule has 0 aliphatic rings. The molecule has 0 amide bonds. The molecule has 106 valence electrons. The van der Waals surface area contributed by atoms with Crippen LogP contribution in [0.3, 0.4) is 0 Å². The highest BCUT2D eigenvalue weighted by Crippen LogP contribution is 2.21. The van der Waals surface area contributed by atoms with E-state index in [1.165, 1.54) is 0 Å². The number of rotatable bonds is 4. The summed E-state index contributed by atoms with van der Waals surface area (Å²) < 4.78 is 5.33. The van der Waals surface area contributed by atoms with E-state index >= 15 is 0 Å². The molecule has 0 aliphatic carbocycles. The van der Waals surface area contributed by atoms with Gasteiger partial charge in [-0.05, 0) is 18.1 Å². The average Bonchev–Trinajstić information content (AvgIpc) is 2.97. The standard InChI is InChI=1S/C17H17N3O/c1-12-7-5-6-10-14(12)17-19-16(21-20-17)11-15(18)13-8-3-2-4-9-13/h2-10,15H,11,18H2,1H3. The van der Waals surface area contributed by atoms with Crippen molar-refractivity contribution in [2.45, 2.75) is 19.4 Å². The first-order valence-corrected chi connectivity index (χ1v) is 6.93. The van der Waals surface area contributed by atoms with Crippen molar-refractivity contribution in [2.24, 2.45) is 5.73 Å². The van der Waals surface area contributed by atoms with E-state index in [1.807, 2.05) is 61.5 Å². The van der Waals surface area contributed by atoms with E-state index in [1.54, 1.807) is 0 Å². The molecule has 2 N–H and O–H groups in total. The quantitative estimate of drug-likeness (QED) is 0.796. The number of nitrogens with two attached hydrogens (primary N) is 1. The van der Waals surface area contributed by atoms with E-state index in [-0.39, 0.29) is 6.04 Å². The first-order chi connectivity index (χ1) is 10.2. The lowest BCUT2D eigenvalue weighted by molar-refractivity contribution is 0.370. The van der Waals surface area contributed by atoms with E-state index < -0.39 is 0 Å². The molecule has 4 nitrogen and oxygen atoms in total. The predicted octanol–water partition coefficient (Wildman–Crippen LogP) is 3.29. The minimum absolute atomic E-state index is 0.142. The minimum atomic E-state index is -0.142. The third-order valence-corrected chi connectivity index (χ3v) is 3.48. The molecular formula is C17H17N3O. The Bertz CT molecular complexity index is 722. The third kappa shape index (κ3) is 3.01. The molecule has 0 spiro atoms. The minimum Gasteiger partial charge on any atom is -0.339 e. The first-order valence-electron chi connectivity index (χ1n) is 6.93. The van der Waals surface area contributed by atoms with Crippen molar-refractivity contribution in [1.29, 1.82) is 0 Å². The second-order valence-corrected chi connectivity index (χ2v) is 5.05. The van der Waals surface area contributed by atoms with Gasteiger partial charge in [-0.15, -0.1) is 0 Å².